The Labute approximate surface area is 104 Å². The molecule has 0 radical (unpaired) electrons. The number of rotatable bonds is 4. The van der Waals surface area contributed by atoms with E-state index in [0.29, 0.717) is 18.1 Å². The van der Waals surface area contributed by atoms with Crippen LogP contribution in [-0.4, -0.2) is 27.3 Å². The van der Waals surface area contributed by atoms with E-state index in [-0.39, 0.29) is 12.4 Å². The number of imidazole rings is 1. The first kappa shape index (κ1) is 11.5. The van der Waals surface area contributed by atoms with Crippen LogP contribution in [0.1, 0.15) is 19.3 Å². The van der Waals surface area contributed by atoms with E-state index in [0.717, 1.165) is 24.3 Å². The SMILES string of the molecule is OCCn1c(NC2CCC2)nc2cc(F)ccc21. The predicted octanol–water partition coefficient (Wildman–Crippen LogP) is 2.13. The van der Waals surface area contributed by atoms with E-state index in [1.165, 1.54) is 18.6 Å². The number of hydrogen-bond acceptors (Lipinski definition) is 3. The topological polar surface area (TPSA) is 50.1 Å². The summed E-state index contributed by atoms with van der Waals surface area (Å²) in [6.45, 7) is 0.513. The number of anilines is 1. The fourth-order valence-electron chi connectivity index (χ4n) is 2.27. The molecular formula is C13H16FN3O. The average molecular weight is 249 g/mol. The molecule has 5 heteroatoms. The van der Waals surface area contributed by atoms with Crippen LogP contribution < -0.4 is 5.32 Å². The fraction of sp³-hybridized carbons (Fsp3) is 0.462. The van der Waals surface area contributed by atoms with E-state index in [9.17, 15) is 4.39 Å². The Bertz CT molecular complexity index is 563. The number of hydrogen-bond donors (Lipinski definition) is 2. The zero-order valence-electron chi connectivity index (χ0n) is 10.1. The normalized spacial score (nSPS) is 15.9. The van der Waals surface area contributed by atoms with Gasteiger partial charge in [-0.3, -0.25) is 0 Å². The highest BCUT2D eigenvalue weighted by Gasteiger charge is 2.20. The molecule has 0 aliphatic heterocycles. The molecule has 0 bridgehead atoms. The Balaban J connectivity index is 2.01. The Hall–Kier alpha value is -1.62. The van der Waals surface area contributed by atoms with Gasteiger partial charge in [0.1, 0.15) is 5.82 Å². The number of aliphatic hydroxyl groups excluding tert-OH is 1. The third-order valence-electron chi connectivity index (χ3n) is 3.47. The van der Waals surface area contributed by atoms with Crippen molar-refractivity contribution in [2.45, 2.75) is 31.8 Å². The minimum atomic E-state index is -0.286. The van der Waals surface area contributed by atoms with E-state index < -0.39 is 0 Å². The first-order valence-electron chi connectivity index (χ1n) is 6.31. The Kier molecular flexibility index (Phi) is 2.91. The van der Waals surface area contributed by atoms with Crippen LogP contribution in [0.3, 0.4) is 0 Å². The van der Waals surface area contributed by atoms with Gasteiger partial charge in [0.05, 0.1) is 17.6 Å². The minimum absolute atomic E-state index is 0.0438. The molecule has 0 amide bonds. The van der Waals surface area contributed by atoms with Gasteiger partial charge in [-0.25, -0.2) is 9.37 Å². The lowest BCUT2D eigenvalue weighted by Crippen LogP contribution is -2.28. The van der Waals surface area contributed by atoms with Crippen LogP contribution in [0.25, 0.3) is 11.0 Å². The van der Waals surface area contributed by atoms with Gasteiger partial charge in [0.2, 0.25) is 5.95 Å². The molecule has 0 atom stereocenters. The summed E-state index contributed by atoms with van der Waals surface area (Å²) in [4.78, 5) is 4.41. The highest BCUT2D eigenvalue weighted by molar-refractivity contribution is 5.78. The molecule has 4 nitrogen and oxygen atoms in total. The van der Waals surface area contributed by atoms with E-state index in [1.807, 2.05) is 4.57 Å². The average Bonchev–Trinajstić information content (AvgIpc) is 2.62. The van der Waals surface area contributed by atoms with Crippen molar-refractivity contribution in [2.75, 3.05) is 11.9 Å². The summed E-state index contributed by atoms with van der Waals surface area (Å²) in [5.41, 5.74) is 1.48. The maximum Gasteiger partial charge on any atom is 0.204 e. The minimum Gasteiger partial charge on any atom is -0.395 e. The van der Waals surface area contributed by atoms with Crippen molar-refractivity contribution in [1.29, 1.82) is 0 Å². The summed E-state index contributed by atoms with van der Waals surface area (Å²) in [7, 11) is 0. The molecule has 1 saturated carbocycles. The van der Waals surface area contributed by atoms with Crippen LogP contribution in [0.5, 0.6) is 0 Å². The quantitative estimate of drug-likeness (QED) is 0.872. The van der Waals surface area contributed by atoms with E-state index >= 15 is 0 Å². The molecule has 18 heavy (non-hydrogen) atoms. The summed E-state index contributed by atoms with van der Waals surface area (Å²) < 4.78 is 15.1. The van der Waals surface area contributed by atoms with Crippen molar-refractivity contribution in [1.82, 2.24) is 9.55 Å². The van der Waals surface area contributed by atoms with Crippen LogP contribution in [0.15, 0.2) is 18.2 Å². The highest BCUT2D eigenvalue weighted by Crippen LogP contribution is 2.26. The third-order valence-corrected chi connectivity index (χ3v) is 3.47. The van der Waals surface area contributed by atoms with Gasteiger partial charge in [0, 0.05) is 18.7 Å². The van der Waals surface area contributed by atoms with Crippen molar-refractivity contribution in [3.63, 3.8) is 0 Å². The van der Waals surface area contributed by atoms with Gasteiger partial charge in [-0.1, -0.05) is 0 Å². The number of benzene rings is 1. The van der Waals surface area contributed by atoms with Crippen molar-refractivity contribution in [3.8, 4) is 0 Å². The summed E-state index contributed by atoms with van der Waals surface area (Å²) in [6, 6.07) is 5.02. The zero-order valence-corrected chi connectivity index (χ0v) is 10.1. The second-order valence-electron chi connectivity index (χ2n) is 4.72. The number of halogens is 1. The molecule has 0 unspecified atom stereocenters. The van der Waals surface area contributed by atoms with Gasteiger partial charge >= 0.3 is 0 Å². The zero-order chi connectivity index (χ0) is 12.5. The van der Waals surface area contributed by atoms with Crippen LogP contribution in [-0.2, 0) is 6.54 Å². The molecule has 96 valence electrons. The fourth-order valence-corrected chi connectivity index (χ4v) is 2.27. The van der Waals surface area contributed by atoms with Crippen molar-refractivity contribution in [3.05, 3.63) is 24.0 Å². The summed E-state index contributed by atoms with van der Waals surface area (Å²) in [5, 5.41) is 12.5. The number of nitrogens with one attached hydrogen (secondary N) is 1. The largest absolute Gasteiger partial charge is 0.395 e. The van der Waals surface area contributed by atoms with Crippen LogP contribution >= 0.6 is 0 Å². The Morgan fingerprint density at radius 1 is 1.44 bits per heavy atom. The summed E-state index contributed by atoms with van der Waals surface area (Å²) in [6.07, 6.45) is 3.54. The second kappa shape index (κ2) is 4.57. The lowest BCUT2D eigenvalue weighted by molar-refractivity contribution is 0.278. The molecule has 1 aliphatic carbocycles. The molecular weight excluding hydrogens is 233 g/mol. The first-order valence-corrected chi connectivity index (χ1v) is 6.31. The van der Waals surface area contributed by atoms with Gasteiger partial charge in [0.25, 0.3) is 0 Å². The highest BCUT2D eigenvalue weighted by atomic mass is 19.1. The first-order chi connectivity index (χ1) is 8.78. The third kappa shape index (κ3) is 1.95. The van der Waals surface area contributed by atoms with Gasteiger partial charge < -0.3 is 15.0 Å². The molecule has 3 rings (SSSR count). The predicted molar refractivity (Wildman–Crippen MR) is 68.0 cm³/mol. The smallest absolute Gasteiger partial charge is 0.204 e. The maximum absolute atomic E-state index is 13.2. The van der Waals surface area contributed by atoms with Crippen molar-refractivity contribution in [2.24, 2.45) is 0 Å². The monoisotopic (exact) mass is 249 g/mol. The molecule has 2 aromatic rings. The molecule has 2 N–H and O–H groups in total. The van der Waals surface area contributed by atoms with E-state index in [4.69, 9.17) is 5.11 Å². The molecule has 1 aromatic carbocycles. The van der Waals surface area contributed by atoms with Gasteiger partial charge in [0.15, 0.2) is 0 Å². The van der Waals surface area contributed by atoms with Crippen LogP contribution in [0.4, 0.5) is 10.3 Å². The Morgan fingerprint density at radius 3 is 2.94 bits per heavy atom. The standard InChI is InChI=1S/C13H16FN3O/c14-9-4-5-12-11(8-9)16-13(17(12)6-7-18)15-10-2-1-3-10/h4-5,8,10,18H,1-3,6-7H2,(H,15,16). The second-order valence-corrected chi connectivity index (χ2v) is 4.72. The Morgan fingerprint density at radius 2 is 2.28 bits per heavy atom. The van der Waals surface area contributed by atoms with Crippen molar-refractivity contribution < 1.29 is 9.50 Å². The lowest BCUT2D eigenvalue weighted by atomic mass is 9.93. The lowest BCUT2D eigenvalue weighted by Gasteiger charge is -2.27. The molecule has 1 fully saturated rings. The summed E-state index contributed by atoms with van der Waals surface area (Å²) in [5.74, 6) is 0.445. The van der Waals surface area contributed by atoms with E-state index in [2.05, 4.69) is 10.3 Å². The van der Waals surface area contributed by atoms with Crippen LogP contribution in [0.2, 0.25) is 0 Å². The van der Waals surface area contributed by atoms with E-state index in [1.54, 1.807) is 6.07 Å². The molecule has 0 saturated heterocycles. The molecule has 0 spiro atoms. The summed E-state index contributed by atoms with van der Waals surface area (Å²) >= 11 is 0. The van der Waals surface area contributed by atoms with Crippen LogP contribution in [0, 0.1) is 5.82 Å². The van der Waals surface area contributed by atoms with Gasteiger partial charge in [-0.15, -0.1) is 0 Å². The van der Waals surface area contributed by atoms with Gasteiger partial charge in [-0.05, 0) is 31.4 Å². The van der Waals surface area contributed by atoms with Crippen molar-refractivity contribution >= 4 is 17.0 Å². The molecule has 1 aliphatic rings. The maximum atomic E-state index is 13.2. The number of aromatic nitrogens is 2. The molecule has 1 heterocycles. The van der Waals surface area contributed by atoms with Gasteiger partial charge in [-0.2, -0.15) is 0 Å². The number of aliphatic hydroxyl groups is 1. The number of nitrogens with zero attached hydrogens (tertiary/aromatic N) is 2. The molecule has 1 aromatic heterocycles. The number of fused-ring (bicyclic) bond motifs is 1.